The molecule has 0 amide bonds. The molecule has 2 N–H and O–H groups in total. The maximum atomic E-state index is 14.9. The number of nitrogens with one attached hydrogen (secondary N) is 1. The predicted octanol–water partition coefficient (Wildman–Crippen LogP) is 4.57. The van der Waals surface area contributed by atoms with E-state index in [0.29, 0.717) is 56.2 Å². The molecule has 8 nitrogen and oxygen atoms in total. The van der Waals surface area contributed by atoms with Gasteiger partial charge in [0, 0.05) is 73.4 Å². The zero-order chi connectivity index (χ0) is 28.7. The van der Waals surface area contributed by atoms with Gasteiger partial charge in [0.2, 0.25) is 0 Å². The molecule has 5 aliphatic heterocycles. The molecule has 2 aromatic carbocycles. The molecule has 6 atom stereocenters. The summed E-state index contributed by atoms with van der Waals surface area (Å²) in [5, 5.41) is 16.5. The Bertz CT molecular complexity index is 1560. The number of halogens is 1. The van der Waals surface area contributed by atoms with E-state index < -0.39 is 6.17 Å². The van der Waals surface area contributed by atoms with Gasteiger partial charge in [-0.3, -0.25) is 4.90 Å². The third-order valence-corrected chi connectivity index (χ3v) is 11.4. The van der Waals surface area contributed by atoms with E-state index in [9.17, 15) is 9.50 Å². The molecule has 0 spiro atoms. The van der Waals surface area contributed by atoms with Crippen LogP contribution in [0.4, 0.5) is 15.9 Å². The highest BCUT2D eigenvalue weighted by Crippen LogP contribution is 2.52. The molecule has 1 aliphatic carbocycles. The summed E-state index contributed by atoms with van der Waals surface area (Å²) in [6, 6.07) is 13.9. The molecule has 5 fully saturated rings. The fourth-order valence-corrected chi connectivity index (χ4v) is 9.67. The van der Waals surface area contributed by atoms with Gasteiger partial charge < -0.3 is 25.0 Å². The first kappa shape index (κ1) is 26.3. The van der Waals surface area contributed by atoms with Gasteiger partial charge in [-0.2, -0.15) is 9.97 Å². The van der Waals surface area contributed by atoms with Crippen molar-refractivity contribution in [2.24, 2.45) is 5.92 Å². The Morgan fingerprint density at radius 2 is 1.86 bits per heavy atom. The number of aromatic hydroxyl groups is 1. The van der Waals surface area contributed by atoms with Crippen molar-refractivity contribution in [1.82, 2.24) is 20.2 Å². The molecule has 2 bridgehead atoms. The van der Waals surface area contributed by atoms with Gasteiger partial charge in [-0.1, -0.05) is 30.7 Å². The number of nitrogens with zero attached hydrogens (tertiary/aromatic N) is 5. The fourth-order valence-electron chi connectivity index (χ4n) is 9.67. The number of ether oxygens (including phenoxy) is 1. The summed E-state index contributed by atoms with van der Waals surface area (Å²) in [6.45, 7) is 4.34. The molecule has 4 saturated heterocycles. The minimum atomic E-state index is -0.785. The van der Waals surface area contributed by atoms with Crippen molar-refractivity contribution in [2.45, 2.75) is 87.7 Å². The monoisotopic (exact) mass is 584 g/mol. The smallest absolute Gasteiger partial charge is 0.318 e. The molecule has 9 rings (SSSR count). The zero-order valence-corrected chi connectivity index (χ0v) is 24.7. The number of hydrogen-bond donors (Lipinski definition) is 2. The van der Waals surface area contributed by atoms with Crippen LogP contribution in [-0.4, -0.2) is 82.6 Å². The molecule has 6 aliphatic rings. The van der Waals surface area contributed by atoms with Gasteiger partial charge in [-0.05, 0) is 55.9 Å². The molecule has 1 aromatic heterocycles. The van der Waals surface area contributed by atoms with Crippen LogP contribution in [0, 0.1) is 5.92 Å². The predicted molar refractivity (Wildman–Crippen MR) is 165 cm³/mol. The average molecular weight is 585 g/mol. The van der Waals surface area contributed by atoms with Gasteiger partial charge in [0.05, 0.1) is 17.8 Å². The van der Waals surface area contributed by atoms with Gasteiger partial charge in [-0.15, -0.1) is 0 Å². The van der Waals surface area contributed by atoms with Crippen LogP contribution in [0.15, 0.2) is 36.4 Å². The molecule has 6 heterocycles. The van der Waals surface area contributed by atoms with Gasteiger partial charge in [0.15, 0.2) is 0 Å². The van der Waals surface area contributed by atoms with E-state index in [1.54, 1.807) is 0 Å². The molecular weight excluding hydrogens is 543 g/mol. The summed E-state index contributed by atoms with van der Waals surface area (Å²) in [5.41, 5.74) is 3.00. The number of rotatable bonds is 5. The number of alkyl halides is 1. The Labute approximate surface area is 252 Å². The molecule has 3 aromatic rings. The highest BCUT2D eigenvalue weighted by atomic mass is 19.1. The lowest BCUT2D eigenvalue weighted by molar-refractivity contribution is 0.0829. The summed E-state index contributed by atoms with van der Waals surface area (Å²) in [6.07, 6.45) is 7.74. The van der Waals surface area contributed by atoms with Crippen molar-refractivity contribution in [3.8, 4) is 11.8 Å². The third-order valence-electron chi connectivity index (χ3n) is 11.4. The number of anilines is 2. The fraction of sp³-hybridized carbons (Fsp3) is 0.588. The summed E-state index contributed by atoms with van der Waals surface area (Å²) in [7, 11) is 0. The second-order valence-electron chi connectivity index (χ2n) is 14.1. The zero-order valence-electron chi connectivity index (χ0n) is 24.7. The summed E-state index contributed by atoms with van der Waals surface area (Å²) >= 11 is 0. The number of aromatic nitrogens is 2. The Morgan fingerprint density at radius 1 is 1.00 bits per heavy atom. The van der Waals surface area contributed by atoms with Gasteiger partial charge in [0.25, 0.3) is 0 Å². The lowest BCUT2D eigenvalue weighted by Gasteiger charge is -2.38. The quantitative estimate of drug-likeness (QED) is 0.452. The maximum absolute atomic E-state index is 14.9. The molecule has 6 unspecified atom stereocenters. The van der Waals surface area contributed by atoms with Crippen LogP contribution in [0.2, 0.25) is 0 Å². The number of phenols is 1. The standard InChI is InChI=1S/C34H41FN6O2/c35-23-15-34(14-22-5-3-7-30(22)41(34)16-23)20-43-33-37-29-19-39(31-13-26(42)12-21-4-1-2-6-27(21)31)11-10-28(29)32(38-33)40-17-24-8-9-25(18-40)36-24/h1-2,4,6,12-13,22-25,30,36,42H,3,5,7-11,14-20H2. The van der Waals surface area contributed by atoms with Crippen LogP contribution in [0.1, 0.15) is 56.2 Å². The van der Waals surface area contributed by atoms with Crippen molar-refractivity contribution in [2.75, 3.05) is 42.6 Å². The van der Waals surface area contributed by atoms with E-state index >= 15 is 0 Å². The first-order chi connectivity index (χ1) is 21.0. The molecule has 43 heavy (non-hydrogen) atoms. The second kappa shape index (κ2) is 9.92. The van der Waals surface area contributed by atoms with E-state index in [-0.39, 0.29) is 11.3 Å². The summed E-state index contributed by atoms with van der Waals surface area (Å²) in [5.74, 6) is 1.96. The van der Waals surface area contributed by atoms with E-state index in [4.69, 9.17) is 14.7 Å². The molecule has 226 valence electrons. The Kier molecular flexibility index (Phi) is 6.06. The highest BCUT2D eigenvalue weighted by molar-refractivity contribution is 5.95. The van der Waals surface area contributed by atoms with E-state index in [1.807, 2.05) is 24.3 Å². The van der Waals surface area contributed by atoms with Crippen LogP contribution in [0.25, 0.3) is 10.8 Å². The van der Waals surface area contributed by atoms with Crippen LogP contribution < -0.4 is 19.9 Å². The van der Waals surface area contributed by atoms with Crippen molar-refractivity contribution >= 4 is 22.3 Å². The topological polar surface area (TPSA) is 77.0 Å². The van der Waals surface area contributed by atoms with Crippen LogP contribution in [-0.2, 0) is 13.0 Å². The van der Waals surface area contributed by atoms with E-state index in [2.05, 4.69) is 32.1 Å². The number of piperazine rings is 1. The summed E-state index contributed by atoms with van der Waals surface area (Å²) < 4.78 is 21.4. The van der Waals surface area contributed by atoms with Crippen LogP contribution >= 0.6 is 0 Å². The number of benzene rings is 2. The minimum absolute atomic E-state index is 0.241. The number of hydrogen-bond acceptors (Lipinski definition) is 8. The van der Waals surface area contributed by atoms with Crippen LogP contribution in [0.3, 0.4) is 0 Å². The highest BCUT2D eigenvalue weighted by Gasteiger charge is 2.58. The maximum Gasteiger partial charge on any atom is 0.318 e. The first-order valence-corrected chi connectivity index (χ1v) is 16.4. The summed E-state index contributed by atoms with van der Waals surface area (Å²) in [4.78, 5) is 17.4. The molecule has 9 heteroatoms. The van der Waals surface area contributed by atoms with Crippen molar-refractivity contribution in [3.63, 3.8) is 0 Å². The number of phenolic OH excluding ortho intramolecular Hbond substituents is 1. The van der Waals surface area contributed by atoms with Crippen molar-refractivity contribution in [3.05, 3.63) is 47.7 Å². The minimum Gasteiger partial charge on any atom is -0.508 e. The first-order valence-electron chi connectivity index (χ1n) is 16.4. The van der Waals surface area contributed by atoms with E-state index in [1.165, 1.54) is 37.7 Å². The average Bonchev–Trinajstić information content (AvgIpc) is 3.75. The largest absolute Gasteiger partial charge is 0.508 e. The molecule has 0 radical (unpaired) electrons. The van der Waals surface area contributed by atoms with Crippen molar-refractivity contribution < 1.29 is 14.2 Å². The Balaban J connectivity index is 1.06. The van der Waals surface area contributed by atoms with Crippen molar-refractivity contribution in [1.29, 1.82) is 0 Å². The lowest BCUT2D eigenvalue weighted by Crippen LogP contribution is -2.52. The van der Waals surface area contributed by atoms with Crippen LogP contribution in [0.5, 0.6) is 11.8 Å². The van der Waals surface area contributed by atoms with Gasteiger partial charge in [0.1, 0.15) is 24.3 Å². The van der Waals surface area contributed by atoms with Gasteiger partial charge in [-0.25, -0.2) is 4.39 Å². The van der Waals surface area contributed by atoms with Gasteiger partial charge >= 0.3 is 6.01 Å². The third kappa shape index (κ3) is 4.37. The lowest BCUT2D eigenvalue weighted by atomic mass is 9.89. The Hall–Kier alpha value is -3.17. The van der Waals surface area contributed by atoms with E-state index in [0.717, 1.165) is 60.4 Å². The second-order valence-corrected chi connectivity index (χ2v) is 14.1. The Morgan fingerprint density at radius 3 is 2.74 bits per heavy atom. The normalized spacial score (nSPS) is 33.2. The molecule has 1 saturated carbocycles. The number of fused-ring (bicyclic) bond motifs is 7. The SMILES string of the molecule is Oc1cc(N2CCc3c(nc(OCC45CC(F)CN4C4CCCC4C5)nc3N3CC4CCC(C3)N4)C2)c2ccccc2c1. The molecular formula is C34H41FN6O2.